The molecular formula is C10H22N2O. The zero-order valence-corrected chi connectivity index (χ0v) is 9.21. The molecule has 0 saturated carbocycles. The Morgan fingerprint density at radius 2 is 2.23 bits per heavy atom. The van der Waals surface area contributed by atoms with Gasteiger partial charge in [-0.1, -0.05) is 0 Å². The fourth-order valence-electron chi connectivity index (χ4n) is 1.66. The lowest BCUT2D eigenvalue weighted by molar-refractivity contribution is 0.115. The largest absolute Gasteiger partial charge is 0.380 e. The summed E-state index contributed by atoms with van der Waals surface area (Å²) in [6, 6.07) is 1.24. The molecule has 0 bridgehead atoms. The normalized spacial score (nSPS) is 29.1. The molecule has 13 heavy (non-hydrogen) atoms. The van der Waals surface area contributed by atoms with E-state index in [2.05, 4.69) is 31.1 Å². The van der Waals surface area contributed by atoms with E-state index in [9.17, 15) is 0 Å². The molecule has 0 aliphatic carbocycles. The summed E-state index contributed by atoms with van der Waals surface area (Å²) in [6.07, 6.45) is 1.57. The van der Waals surface area contributed by atoms with Crippen LogP contribution in [0.25, 0.3) is 0 Å². The van der Waals surface area contributed by atoms with Gasteiger partial charge in [0.25, 0.3) is 0 Å². The minimum absolute atomic E-state index is 0.422. The second-order valence-electron chi connectivity index (χ2n) is 4.23. The van der Waals surface area contributed by atoms with E-state index >= 15 is 0 Å². The molecule has 0 spiro atoms. The molecule has 1 fully saturated rings. The van der Waals surface area contributed by atoms with Crippen molar-refractivity contribution in [1.29, 1.82) is 0 Å². The van der Waals surface area contributed by atoms with E-state index in [1.54, 1.807) is 7.11 Å². The quantitative estimate of drug-likeness (QED) is 0.699. The number of methoxy groups -OCH3 is 1. The topological polar surface area (TPSA) is 24.5 Å². The molecule has 78 valence electrons. The lowest BCUT2D eigenvalue weighted by Gasteiger charge is -2.24. The van der Waals surface area contributed by atoms with Crippen LogP contribution in [0.2, 0.25) is 0 Å². The zero-order chi connectivity index (χ0) is 9.84. The molecule has 1 rings (SSSR count). The van der Waals surface area contributed by atoms with Crippen molar-refractivity contribution in [3.8, 4) is 0 Å². The van der Waals surface area contributed by atoms with E-state index in [0.29, 0.717) is 18.2 Å². The third-order valence-corrected chi connectivity index (χ3v) is 2.90. The van der Waals surface area contributed by atoms with E-state index in [4.69, 9.17) is 4.74 Å². The summed E-state index contributed by atoms with van der Waals surface area (Å²) in [5.41, 5.74) is 0. The number of ether oxygens (including phenoxy) is 1. The molecule has 1 saturated heterocycles. The SMILES string of the molecule is COC1CNC(CN(C)C(C)C)C1. The van der Waals surface area contributed by atoms with Gasteiger partial charge in [0.2, 0.25) is 0 Å². The zero-order valence-electron chi connectivity index (χ0n) is 9.21. The van der Waals surface area contributed by atoms with Crippen LogP contribution in [0.15, 0.2) is 0 Å². The van der Waals surface area contributed by atoms with Crippen LogP contribution in [0.5, 0.6) is 0 Å². The Labute approximate surface area is 81.4 Å². The number of hydrogen-bond donors (Lipinski definition) is 1. The molecule has 1 N–H and O–H groups in total. The van der Waals surface area contributed by atoms with Crippen LogP contribution in [0.1, 0.15) is 20.3 Å². The monoisotopic (exact) mass is 186 g/mol. The van der Waals surface area contributed by atoms with E-state index in [-0.39, 0.29) is 0 Å². The minimum Gasteiger partial charge on any atom is -0.380 e. The summed E-state index contributed by atoms with van der Waals surface area (Å²) >= 11 is 0. The Morgan fingerprint density at radius 1 is 1.54 bits per heavy atom. The van der Waals surface area contributed by atoms with Gasteiger partial charge >= 0.3 is 0 Å². The average molecular weight is 186 g/mol. The Bertz CT molecular complexity index is 150. The summed E-state index contributed by atoms with van der Waals surface area (Å²) in [6.45, 7) is 6.58. The van der Waals surface area contributed by atoms with Crippen LogP contribution in [0.4, 0.5) is 0 Å². The number of hydrogen-bond acceptors (Lipinski definition) is 3. The first-order valence-corrected chi connectivity index (χ1v) is 5.10. The number of nitrogens with one attached hydrogen (secondary N) is 1. The smallest absolute Gasteiger partial charge is 0.0711 e. The van der Waals surface area contributed by atoms with Crippen LogP contribution in [0.3, 0.4) is 0 Å². The highest BCUT2D eigenvalue weighted by Gasteiger charge is 2.24. The highest BCUT2D eigenvalue weighted by Crippen LogP contribution is 2.11. The number of rotatable bonds is 4. The Morgan fingerprint density at radius 3 is 2.69 bits per heavy atom. The Hall–Kier alpha value is -0.120. The van der Waals surface area contributed by atoms with Gasteiger partial charge in [-0.2, -0.15) is 0 Å². The van der Waals surface area contributed by atoms with Crippen molar-refractivity contribution in [2.45, 2.75) is 38.5 Å². The standard InChI is InChI=1S/C10H22N2O/c1-8(2)12(3)7-9-5-10(13-4)6-11-9/h8-11H,5-7H2,1-4H3. The molecule has 2 unspecified atom stereocenters. The van der Waals surface area contributed by atoms with Gasteiger partial charge in [0.15, 0.2) is 0 Å². The highest BCUT2D eigenvalue weighted by molar-refractivity contribution is 4.84. The van der Waals surface area contributed by atoms with Gasteiger partial charge < -0.3 is 15.0 Å². The summed E-state index contributed by atoms with van der Waals surface area (Å²) in [5, 5.41) is 3.48. The second-order valence-corrected chi connectivity index (χ2v) is 4.23. The third-order valence-electron chi connectivity index (χ3n) is 2.90. The van der Waals surface area contributed by atoms with Crippen molar-refractivity contribution in [2.75, 3.05) is 27.2 Å². The van der Waals surface area contributed by atoms with Gasteiger partial charge in [-0.15, -0.1) is 0 Å². The molecule has 1 aliphatic rings. The van der Waals surface area contributed by atoms with Gasteiger partial charge in [-0.3, -0.25) is 0 Å². The van der Waals surface area contributed by atoms with Gasteiger partial charge in [0.05, 0.1) is 6.10 Å². The Balaban J connectivity index is 2.23. The van der Waals surface area contributed by atoms with E-state index in [0.717, 1.165) is 19.5 Å². The van der Waals surface area contributed by atoms with Gasteiger partial charge in [0.1, 0.15) is 0 Å². The fourth-order valence-corrected chi connectivity index (χ4v) is 1.66. The molecule has 0 aromatic carbocycles. The maximum absolute atomic E-state index is 5.30. The molecule has 1 aliphatic heterocycles. The van der Waals surface area contributed by atoms with E-state index in [1.807, 2.05) is 0 Å². The Kier molecular flexibility index (Phi) is 4.16. The van der Waals surface area contributed by atoms with Crippen molar-refractivity contribution in [2.24, 2.45) is 0 Å². The van der Waals surface area contributed by atoms with Gasteiger partial charge in [0, 0.05) is 32.3 Å². The molecule has 0 aromatic heterocycles. The van der Waals surface area contributed by atoms with Crippen LogP contribution in [-0.4, -0.2) is 50.3 Å². The van der Waals surface area contributed by atoms with E-state index in [1.165, 1.54) is 0 Å². The van der Waals surface area contributed by atoms with Crippen LogP contribution in [0, 0.1) is 0 Å². The summed E-state index contributed by atoms with van der Waals surface area (Å²) in [7, 11) is 3.97. The van der Waals surface area contributed by atoms with Crippen molar-refractivity contribution in [3.63, 3.8) is 0 Å². The summed E-state index contributed by atoms with van der Waals surface area (Å²) < 4.78 is 5.30. The van der Waals surface area contributed by atoms with Crippen molar-refractivity contribution < 1.29 is 4.74 Å². The minimum atomic E-state index is 0.422. The predicted octanol–water partition coefficient (Wildman–Crippen LogP) is 0.703. The number of nitrogens with zero attached hydrogens (tertiary/aromatic N) is 1. The number of likely N-dealkylation sites (N-methyl/N-ethyl adjacent to an activating group) is 1. The van der Waals surface area contributed by atoms with E-state index < -0.39 is 0 Å². The van der Waals surface area contributed by atoms with Crippen molar-refractivity contribution >= 4 is 0 Å². The average Bonchev–Trinajstić information content (AvgIpc) is 2.52. The summed E-state index contributed by atoms with van der Waals surface area (Å²) in [5.74, 6) is 0. The first-order chi connectivity index (χ1) is 6.13. The first kappa shape index (κ1) is 11.0. The molecule has 1 heterocycles. The van der Waals surface area contributed by atoms with Gasteiger partial charge in [-0.25, -0.2) is 0 Å². The van der Waals surface area contributed by atoms with Crippen LogP contribution < -0.4 is 5.32 Å². The fraction of sp³-hybridized carbons (Fsp3) is 1.00. The van der Waals surface area contributed by atoms with Crippen molar-refractivity contribution in [1.82, 2.24) is 10.2 Å². The van der Waals surface area contributed by atoms with Crippen LogP contribution in [-0.2, 0) is 4.74 Å². The van der Waals surface area contributed by atoms with Crippen LogP contribution >= 0.6 is 0 Å². The summed E-state index contributed by atoms with van der Waals surface area (Å²) in [4.78, 5) is 2.37. The molecule has 0 amide bonds. The molecular weight excluding hydrogens is 164 g/mol. The van der Waals surface area contributed by atoms with Crippen molar-refractivity contribution in [3.05, 3.63) is 0 Å². The first-order valence-electron chi connectivity index (χ1n) is 5.10. The predicted molar refractivity (Wildman–Crippen MR) is 55.0 cm³/mol. The highest BCUT2D eigenvalue weighted by atomic mass is 16.5. The maximum atomic E-state index is 5.30. The molecule has 0 radical (unpaired) electrons. The second kappa shape index (κ2) is 4.94. The molecule has 2 atom stereocenters. The lowest BCUT2D eigenvalue weighted by atomic mass is 10.2. The lowest BCUT2D eigenvalue weighted by Crippen LogP contribution is -2.38. The molecule has 3 nitrogen and oxygen atoms in total. The third kappa shape index (κ3) is 3.25. The maximum Gasteiger partial charge on any atom is 0.0711 e. The van der Waals surface area contributed by atoms with Gasteiger partial charge in [-0.05, 0) is 27.3 Å². The molecule has 3 heteroatoms. The molecule has 0 aromatic rings.